The zero-order valence-corrected chi connectivity index (χ0v) is 27.8. The standard InChI is InChI=1S/C31H33Cl2F2N5O5S/c1-18(29-21(32)16-36-17-22(29)33)45-27-14-20-25(15-26(27)43-2)40(28-6-4-5-11-44-28)37-30(20)19-12-23(34)31(24(35)13-19)38-7-9-39(10-8-38)46(3,41)42/h12-18,28H,4-11H2,1-3H3/t18-,28?/m1/s1. The number of methoxy groups -OCH3 is 1. The van der Waals surface area contributed by atoms with Gasteiger partial charge in [0.05, 0.1) is 28.9 Å². The molecule has 0 saturated carbocycles. The van der Waals surface area contributed by atoms with Crippen molar-refractivity contribution in [2.75, 3.05) is 51.1 Å². The summed E-state index contributed by atoms with van der Waals surface area (Å²) < 4.78 is 76.5. The van der Waals surface area contributed by atoms with Gasteiger partial charge in [-0.15, -0.1) is 0 Å². The maximum atomic E-state index is 15.8. The van der Waals surface area contributed by atoms with E-state index in [0.717, 1.165) is 19.1 Å². The highest BCUT2D eigenvalue weighted by molar-refractivity contribution is 7.88. The number of hydrogen-bond donors (Lipinski definition) is 0. The molecule has 46 heavy (non-hydrogen) atoms. The van der Waals surface area contributed by atoms with Crippen molar-refractivity contribution < 1.29 is 31.4 Å². The van der Waals surface area contributed by atoms with E-state index in [2.05, 4.69) is 4.98 Å². The molecule has 4 heterocycles. The summed E-state index contributed by atoms with van der Waals surface area (Å²) in [5, 5.41) is 6.08. The Morgan fingerprint density at radius 2 is 1.67 bits per heavy atom. The second-order valence-corrected chi connectivity index (χ2v) is 14.1. The molecule has 0 aliphatic carbocycles. The first-order valence-electron chi connectivity index (χ1n) is 14.8. The molecule has 1 unspecified atom stereocenters. The van der Waals surface area contributed by atoms with Gasteiger partial charge in [-0.05, 0) is 44.4 Å². The van der Waals surface area contributed by atoms with Crippen LogP contribution in [0.2, 0.25) is 10.0 Å². The van der Waals surface area contributed by atoms with Crippen LogP contribution in [0.15, 0.2) is 36.7 Å². The molecular formula is C31H33Cl2F2N5O5S. The first-order chi connectivity index (χ1) is 22.0. The van der Waals surface area contributed by atoms with Crippen molar-refractivity contribution in [1.82, 2.24) is 19.1 Å². The summed E-state index contributed by atoms with van der Waals surface area (Å²) in [4.78, 5) is 5.53. The highest BCUT2D eigenvalue weighted by atomic mass is 35.5. The van der Waals surface area contributed by atoms with E-state index in [4.69, 9.17) is 42.5 Å². The van der Waals surface area contributed by atoms with Crippen molar-refractivity contribution in [2.24, 2.45) is 0 Å². The van der Waals surface area contributed by atoms with Gasteiger partial charge in [-0.2, -0.15) is 9.40 Å². The maximum Gasteiger partial charge on any atom is 0.211 e. The Morgan fingerprint density at radius 3 is 2.26 bits per heavy atom. The third-order valence-electron chi connectivity index (χ3n) is 8.33. The van der Waals surface area contributed by atoms with Gasteiger partial charge in [-0.25, -0.2) is 21.9 Å². The number of nitrogens with zero attached hydrogens (tertiary/aromatic N) is 5. The molecule has 0 bridgehead atoms. The molecule has 0 spiro atoms. The number of pyridine rings is 1. The molecule has 2 atom stereocenters. The molecule has 2 aliphatic heterocycles. The van der Waals surface area contributed by atoms with Crippen LogP contribution in [0.25, 0.3) is 22.2 Å². The van der Waals surface area contributed by atoms with Gasteiger partial charge in [0.2, 0.25) is 10.0 Å². The highest BCUT2D eigenvalue weighted by Gasteiger charge is 2.29. The molecule has 15 heteroatoms. The van der Waals surface area contributed by atoms with Gasteiger partial charge in [0.15, 0.2) is 17.7 Å². The Balaban J connectivity index is 1.42. The molecule has 0 radical (unpaired) electrons. The fourth-order valence-electron chi connectivity index (χ4n) is 6.05. The Hall–Kier alpha value is -3.23. The number of benzene rings is 2. The van der Waals surface area contributed by atoms with Gasteiger partial charge in [0.25, 0.3) is 0 Å². The van der Waals surface area contributed by atoms with Crippen molar-refractivity contribution in [1.29, 1.82) is 0 Å². The second kappa shape index (κ2) is 13.1. The van der Waals surface area contributed by atoms with Gasteiger partial charge in [-0.1, -0.05) is 23.2 Å². The molecule has 2 aliphatic rings. The van der Waals surface area contributed by atoms with Gasteiger partial charge < -0.3 is 19.1 Å². The summed E-state index contributed by atoms with van der Waals surface area (Å²) in [6.45, 7) is 2.93. The van der Waals surface area contributed by atoms with E-state index in [0.29, 0.717) is 56.7 Å². The fourth-order valence-corrected chi connectivity index (χ4v) is 7.55. The minimum absolute atomic E-state index is 0.134. The largest absolute Gasteiger partial charge is 0.493 e. The predicted octanol–water partition coefficient (Wildman–Crippen LogP) is 6.61. The Bertz CT molecular complexity index is 1840. The van der Waals surface area contributed by atoms with E-state index in [-0.39, 0.29) is 43.7 Å². The first kappa shape index (κ1) is 32.7. The van der Waals surface area contributed by atoms with E-state index in [1.807, 2.05) is 0 Å². The van der Waals surface area contributed by atoms with Crippen molar-refractivity contribution >= 4 is 49.8 Å². The number of rotatable bonds is 8. The predicted molar refractivity (Wildman–Crippen MR) is 172 cm³/mol. The average Bonchev–Trinajstić information content (AvgIpc) is 3.39. The van der Waals surface area contributed by atoms with Crippen LogP contribution in [0.1, 0.15) is 44.1 Å². The molecule has 2 saturated heterocycles. The summed E-state index contributed by atoms with van der Waals surface area (Å²) in [6.07, 6.45) is 5.68. The molecule has 2 fully saturated rings. The van der Waals surface area contributed by atoms with Crippen LogP contribution in [-0.4, -0.2) is 73.6 Å². The molecule has 2 aromatic heterocycles. The van der Waals surface area contributed by atoms with Crippen molar-refractivity contribution in [3.05, 3.63) is 63.9 Å². The summed E-state index contributed by atoms with van der Waals surface area (Å²) in [5.74, 6) is -0.803. The molecular weight excluding hydrogens is 663 g/mol. The molecule has 2 aromatic carbocycles. The number of hydrogen-bond acceptors (Lipinski definition) is 8. The SMILES string of the molecule is COc1cc2c(cc1O[C@H](C)c1c(Cl)cncc1Cl)c(-c1cc(F)c(N3CCN(S(C)(=O)=O)CC3)c(F)c1)nn2C1CCCCO1. The van der Waals surface area contributed by atoms with Gasteiger partial charge in [0, 0.05) is 67.8 Å². The Labute approximate surface area is 275 Å². The second-order valence-electron chi connectivity index (χ2n) is 11.3. The minimum atomic E-state index is -3.40. The average molecular weight is 697 g/mol. The summed E-state index contributed by atoms with van der Waals surface area (Å²) in [6, 6.07) is 5.99. The van der Waals surface area contributed by atoms with Crippen molar-refractivity contribution in [3.8, 4) is 22.8 Å². The molecule has 4 aromatic rings. The first-order valence-corrected chi connectivity index (χ1v) is 17.4. The van der Waals surface area contributed by atoms with Gasteiger partial charge >= 0.3 is 0 Å². The van der Waals surface area contributed by atoms with Crippen LogP contribution >= 0.6 is 23.2 Å². The maximum absolute atomic E-state index is 15.8. The lowest BCUT2D eigenvalue weighted by molar-refractivity contribution is -0.0365. The number of ether oxygens (including phenoxy) is 3. The molecule has 6 rings (SSSR count). The lowest BCUT2D eigenvalue weighted by Gasteiger charge is -2.35. The summed E-state index contributed by atoms with van der Waals surface area (Å²) in [7, 11) is -1.88. The van der Waals surface area contributed by atoms with E-state index in [1.54, 1.807) is 23.7 Å². The lowest BCUT2D eigenvalue weighted by atomic mass is 10.0. The Kier molecular flexibility index (Phi) is 9.32. The number of sulfonamides is 1. The summed E-state index contributed by atoms with van der Waals surface area (Å²) >= 11 is 12.8. The zero-order valence-electron chi connectivity index (χ0n) is 25.5. The quantitative estimate of drug-likeness (QED) is 0.203. The highest BCUT2D eigenvalue weighted by Crippen LogP contribution is 2.43. The number of anilines is 1. The monoisotopic (exact) mass is 695 g/mol. The lowest BCUT2D eigenvalue weighted by Crippen LogP contribution is -2.48. The van der Waals surface area contributed by atoms with E-state index in [9.17, 15) is 8.42 Å². The zero-order chi connectivity index (χ0) is 32.7. The van der Waals surface area contributed by atoms with Crippen LogP contribution in [0.4, 0.5) is 14.5 Å². The van der Waals surface area contributed by atoms with Crippen molar-refractivity contribution in [2.45, 2.75) is 38.5 Å². The van der Waals surface area contributed by atoms with Gasteiger partial charge in [0.1, 0.15) is 29.1 Å². The molecule has 0 N–H and O–H groups in total. The minimum Gasteiger partial charge on any atom is -0.493 e. The molecule has 10 nitrogen and oxygen atoms in total. The topological polar surface area (TPSA) is 99.0 Å². The third kappa shape index (κ3) is 6.35. The normalized spacial score (nSPS) is 18.6. The van der Waals surface area contributed by atoms with Crippen LogP contribution < -0.4 is 14.4 Å². The fraction of sp³-hybridized carbons (Fsp3) is 0.419. The molecule has 246 valence electrons. The summed E-state index contributed by atoms with van der Waals surface area (Å²) in [5.41, 5.74) is 1.53. The number of fused-ring (bicyclic) bond motifs is 1. The van der Waals surface area contributed by atoms with Crippen LogP contribution in [0.5, 0.6) is 11.5 Å². The van der Waals surface area contributed by atoms with E-state index >= 15 is 8.78 Å². The Morgan fingerprint density at radius 1 is 1.00 bits per heavy atom. The van der Waals surface area contributed by atoms with Crippen LogP contribution in [-0.2, 0) is 14.8 Å². The smallest absolute Gasteiger partial charge is 0.211 e. The number of halogens is 4. The van der Waals surface area contributed by atoms with Gasteiger partial charge in [-0.3, -0.25) is 4.98 Å². The molecule has 0 amide bonds. The van der Waals surface area contributed by atoms with Crippen LogP contribution in [0.3, 0.4) is 0 Å². The van der Waals surface area contributed by atoms with E-state index < -0.39 is 27.8 Å². The van der Waals surface area contributed by atoms with Crippen molar-refractivity contribution in [3.63, 3.8) is 0 Å². The number of piperazine rings is 1. The third-order valence-corrected chi connectivity index (χ3v) is 10.2. The van der Waals surface area contributed by atoms with E-state index in [1.165, 1.54) is 40.8 Å². The van der Waals surface area contributed by atoms with Crippen LogP contribution in [0, 0.1) is 11.6 Å². The number of aromatic nitrogens is 3.